The highest BCUT2D eigenvalue weighted by atomic mass is 16.6. The number of likely N-dealkylation sites (tertiary alicyclic amines) is 2. The molecule has 5 aromatic rings. The molecule has 0 bridgehead atoms. The van der Waals surface area contributed by atoms with Gasteiger partial charge in [0.2, 0.25) is 5.91 Å². The number of carbonyl (C=O) groups is 3. The number of rotatable bonds is 6. The van der Waals surface area contributed by atoms with Crippen molar-refractivity contribution in [2.24, 2.45) is 11.8 Å². The van der Waals surface area contributed by atoms with Crippen LogP contribution >= 0.6 is 0 Å². The van der Waals surface area contributed by atoms with Gasteiger partial charge >= 0.3 is 12.2 Å². The molecule has 1 unspecified atom stereocenters. The number of carbonyl (C=O) groups excluding carboxylic acids is 3. The molecule has 56 heavy (non-hydrogen) atoms. The Morgan fingerprint density at radius 3 is 2.54 bits per heavy atom. The van der Waals surface area contributed by atoms with Gasteiger partial charge in [-0.05, 0) is 105 Å². The summed E-state index contributed by atoms with van der Waals surface area (Å²) in [7, 11) is 1.30. The van der Waals surface area contributed by atoms with Crippen molar-refractivity contribution in [1.29, 1.82) is 0 Å². The largest absolute Gasteiger partial charge is 0.488 e. The third-order valence-corrected chi connectivity index (χ3v) is 11.4. The molecule has 0 saturated carbocycles. The van der Waals surface area contributed by atoms with Crippen molar-refractivity contribution < 1.29 is 28.6 Å². The van der Waals surface area contributed by atoms with Crippen molar-refractivity contribution in [2.45, 2.75) is 104 Å². The lowest BCUT2D eigenvalue weighted by Crippen LogP contribution is -2.52. The number of aromatic nitrogens is 4. The molecule has 2 aromatic heterocycles. The standard InChI is InChI=1S/C43H51N7O6/c1-22(2)36(48-41(52)54-8)40(51)50-24(4)9-14-33(50)39-45-31-13-11-25-17-30-28-12-10-26(16-27(28)21-55-35(30)18-29(25)37(31)47-39)32-19-44-38(46-32)34-15-23(3)20-49(34)42(53)56-43(5,6)7/h10-13,16-19,22-24,33-34,36H,9,14-15,20-21H2,1-8H3,(H,44,46)(H,45,47)(H,48,52)/t23-,24-,33-,34?,36-/m0/s1. The van der Waals surface area contributed by atoms with Crippen molar-refractivity contribution in [1.82, 2.24) is 35.1 Å². The molecule has 3 amide bonds. The number of nitrogens with one attached hydrogen (secondary N) is 3. The summed E-state index contributed by atoms with van der Waals surface area (Å²) in [6.45, 7) is 14.7. The second-order valence-electron chi connectivity index (χ2n) is 17.0. The Labute approximate surface area is 326 Å². The van der Waals surface area contributed by atoms with E-state index in [1.165, 1.54) is 7.11 Å². The summed E-state index contributed by atoms with van der Waals surface area (Å²) in [5.74, 6) is 2.34. The molecular formula is C43H51N7O6. The molecule has 294 valence electrons. The predicted octanol–water partition coefficient (Wildman–Crippen LogP) is 8.42. The van der Waals surface area contributed by atoms with Crippen molar-refractivity contribution in [2.75, 3.05) is 13.7 Å². The molecule has 8 rings (SSSR count). The van der Waals surface area contributed by atoms with Crippen molar-refractivity contribution in [3.8, 4) is 28.1 Å². The molecule has 3 aliphatic rings. The van der Waals surface area contributed by atoms with Gasteiger partial charge in [0.1, 0.15) is 35.6 Å². The van der Waals surface area contributed by atoms with Crippen LogP contribution in [0.15, 0.2) is 48.7 Å². The third-order valence-electron chi connectivity index (χ3n) is 11.4. The summed E-state index contributed by atoms with van der Waals surface area (Å²) in [4.78, 5) is 59.6. The first-order chi connectivity index (χ1) is 26.7. The summed E-state index contributed by atoms with van der Waals surface area (Å²) in [6, 6.07) is 13.6. The van der Waals surface area contributed by atoms with E-state index >= 15 is 0 Å². The lowest BCUT2D eigenvalue weighted by Gasteiger charge is -2.32. The number of imidazole rings is 2. The van der Waals surface area contributed by atoms with Gasteiger partial charge in [-0.1, -0.05) is 39.0 Å². The Bertz CT molecular complexity index is 2340. The zero-order valence-electron chi connectivity index (χ0n) is 33.4. The third kappa shape index (κ3) is 6.81. The number of amides is 3. The van der Waals surface area contributed by atoms with E-state index in [0.29, 0.717) is 19.1 Å². The minimum atomic E-state index is -0.715. The van der Waals surface area contributed by atoms with E-state index in [9.17, 15) is 14.4 Å². The van der Waals surface area contributed by atoms with E-state index < -0.39 is 17.7 Å². The Kier molecular flexibility index (Phi) is 9.45. The molecule has 2 fully saturated rings. The molecule has 0 spiro atoms. The van der Waals surface area contributed by atoms with E-state index in [0.717, 1.165) is 86.4 Å². The SMILES string of the molecule is COC(=O)N[C@H](C(=O)N1[C@@H](C)CC[C@H]1c1nc2ccc3cc4c(cc3c2[nH]1)OCc1cc(-c2cnc(C3C[C@H](C)CN3C(=O)OC(C)(C)C)[nH]2)ccc1-4)C(C)C. The summed E-state index contributed by atoms with van der Waals surface area (Å²) in [5, 5.41) is 4.77. The highest BCUT2D eigenvalue weighted by Crippen LogP contribution is 2.44. The first-order valence-electron chi connectivity index (χ1n) is 19.6. The van der Waals surface area contributed by atoms with Crippen LogP contribution in [-0.2, 0) is 20.9 Å². The van der Waals surface area contributed by atoms with Crippen LogP contribution in [0.3, 0.4) is 0 Å². The van der Waals surface area contributed by atoms with E-state index in [-0.39, 0.29) is 36.0 Å². The highest BCUT2D eigenvalue weighted by Gasteiger charge is 2.42. The Morgan fingerprint density at radius 1 is 0.982 bits per heavy atom. The second kappa shape index (κ2) is 14.2. The summed E-state index contributed by atoms with van der Waals surface area (Å²) >= 11 is 0. The maximum atomic E-state index is 13.9. The van der Waals surface area contributed by atoms with Crippen LogP contribution in [0.2, 0.25) is 0 Å². The number of hydrogen-bond acceptors (Lipinski definition) is 8. The van der Waals surface area contributed by atoms with Crippen LogP contribution < -0.4 is 10.1 Å². The second-order valence-corrected chi connectivity index (χ2v) is 17.0. The molecule has 5 heterocycles. The fourth-order valence-corrected chi connectivity index (χ4v) is 8.60. The first kappa shape index (κ1) is 37.3. The number of nitrogens with zero attached hydrogens (tertiary/aromatic N) is 4. The van der Waals surface area contributed by atoms with Crippen LogP contribution in [0.5, 0.6) is 5.75 Å². The summed E-state index contributed by atoms with van der Waals surface area (Å²) in [6.07, 6.45) is 3.30. The van der Waals surface area contributed by atoms with Crippen molar-refractivity contribution in [3.05, 3.63) is 65.9 Å². The minimum absolute atomic E-state index is 0.0138. The lowest BCUT2D eigenvalue weighted by molar-refractivity contribution is -0.137. The minimum Gasteiger partial charge on any atom is -0.488 e. The number of methoxy groups -OCH3 is 1. The van der Waals surface area contributed by atoms with Crippen molar-refractivity contribution in [3.63, 3.8) is 0 Å². The molecule has 13 nitrogen and oxygen atoms in total. The number of H-pyrrole nitrogens is 2. The molecule has 2 saturated heterocycles. The molecule has 3 aliphatic heterocycles. The van der Waals surface area contributed by atoms with E-state index in [1.807, 2.05) is 58.7 Å². The number of fused-ring (bicyclic) bond motifs is 6. The average molecular weight is 762 g/mol. The number of aromatic amines is 2. The molecule has 5 atom stereocenters. The number of alkyl carbamates (subject to hydrolysis) is 1. The Hall–Kier alpha value is -5.59. The quantitative estimate of drug-likeness (QED) is 0.156. The van der Waals surface area contributed by atoms with Crippen LogP contribution in [-0.4, -0.2) is 79.2 Å². The molecule has 3 N–H and O–H groups in total. The van der Waals surface area contributed by atoms with Gasteiger partial charge in [-0.2, -0.15) is 0 Å². The Morgan fingerprint density at radius 2 is 1.79 bits per heavy atom. The van der Waals surface area contributed by atoms with Crippen molar-refractivity contribution >= 4 is 39.9 Å². The molecule has 0 aliphatic carbocycles. The van der Waals surface area contributed by atoms with Gasteiger partial charge in [-0.15, -0.1) is 0 Å². The van der Waals surface area contributed by atoms with Crippen LogP contribution in [0.4, 0.5) is 9.59 Å². The average Bonchev–Trinajstić information content (AvgIpc) is 3.97. The first-order valence-corrected chi connectivity index (χ1v) is 19.6. The van der Waals surface area contributed by atoms with Gasteiger partial charge in [0.25, 0.3) is 0 Å². The van der Waals surface area contributed by atoms with Gasteiger partial charge in [0.15, 0.2) is 0 Å². The van der Waals surface area contributed by atoms with Gasteiger partial charge in [0.05, 0.1) is 42.1 Å². The van der Waals surface area contributed by atoms with Crippen LogP contribution in [0, 0.1) is 11.8 Å². The maximum Gasteiger partial charge on any atom is 0.410 e. The molecule has 0 radical (unpaired) electrons. The van der Waals surface area contributed by atoms with E-state index in [2.05, 4.69) is 58.6 Å². The van der Waals surface area contributed by atoms with Crippen LogP contribution in [0.1, 0.15) is 97.0 Å². The lowest BCUT2D eigenvalue weighted by atomic mass is 9.92. The van der Waals surface area contributed by atoms with Gasteiger partial charge in [-0.25, -0.2) is 19.6 Å². The monoisotopic (exact) mass is 761 g/mol. The highest BCUT2D eigenvalue weighted by molar-refractivity contribution is 6.07. The summed E-state index contributed by atoms with van der Waals surface area (Å²) in [5.41, 5.74) is 6.20. The van der Waals surface area contributed by atoms with Gasteiger partial charge < -0.3 is 34.4 Å². The normalized spacial score (nSPS) is 21.2. The van der Waals surface area contributed by atoms with Gasteiger partial charge in [-0.3, -0.25) is 9.69 Å². The molecular weight excluding hydrogens is 711 g/mol. The zero-order valence-corrected chi connectivity index (χ0v) is 33.4. The number of ether oxygens (including phenoxy) is 3. The fourth-order valence-electron chi connectivity index (χ4n) is 8.60. The maximum absolute atomic E-state index is 13.9. The number of hydrogen-bond donors (Lipinski definition) is 3. The van der Waals surface area contributed by atoms with Gasteiger partial charge in [0, 0.05) is 23.5 Å². The van der Waals surface area contributed by atoms with Crippen LogP contribution in [0.25, 0.3) is 44.2 Å². The topological polar surface area (TPSA) is 155 Å². The zero-order chi connectivity index (χ0) is 39.6. The molecule has 3 aromatic carbocycles. The van der Waals surface area contributed by atoms with E-state index in [1.54, 1.807) is 4.90 Å². The fraction of sp³-hybridized carbons (Fsp3) is 0.465. The smallest absolute Gasteiger partial charge is 0.410 e. The summed E-state index contributed by atoms with van der Waals surface area (Å²) < 4.78 is 17.0. The Balaban J connectivity index is 1.06. The molecule has 13 heteroatoms. The predicted molar refractivity (Wildman–Crippen MR) is 213 cm³/mol. The number of benzene rings is 3. The van der Waals surface area contributed by atoms with E-state index in [4.69, 9.17) is 24.2 Å².